The molecule has 0 unspecified atom stereocenters. The van der Waals surface area contributed by atoms with E-state index in [0.717, 1.165) is 5.56 Å². The van der Waals surface area contributed by atoms with Gasteiger partial charge in [0.1, 0.15) is 6.61 Å². The maximum atomic E-state index is 10.9. The van der Waals surface area contributed by atoms with Crippen LogP contribution in [0.4, 0.5) is 0 Å². The van der Waals surface area contributed by atoms with Gasteiger partial charge in [0.25, 0.3) is 5.88 Å². The molecule has 5 nitrogen and oxygen atoms in total. The Labute approximate surface area is 116 Å². The molecule has 1 heterocycles. The first-order valence-corrected chi connectivity index (χ1v) is 6.12. The molecule has 0 aliphatic heterocycles. The zero-order chi connectivity index (χ0) is 14.4. The van der Waals surface area contributed by atoms with E-state index < -0.39 is 12.1 Å². The number of nitrogens with zero attached hydrogens (tertiary/aromatic N) is 1. The van der Waals surface area contributed by atoms with Crippen LogP contribution in [0.1, 0.15) is 24.4 Å². The van der Waals surface area contributed by atoms with E-state index in [1.807, 2.05) is 30.3 Å². The van der Waals surface area contributed by atoms with Gasteiger partial charge >= 0.3 is 5.97 Å². The van der Waals surface area contributed by atoms with Gasteiger partial charge in [-0.25, -0.2) is 0 Å². The molecule has 0 amide bonds. The van der Waals surface area contributed by atoms with Gasteiger partial charge in [0, 0.05) is 13.0 Å². The zero-order valence-corrected chi connectivity index (χ0v) is 11.1. The van der Waals surface area contributed by atoms with E-state index in [1.165, 1.54) is 13.0 Å². The minimum absolute atomic E-state index is 0.336. The van der Waals surface area contributed by atoms with Crippen LogP contribution in [0.2, 0.25) is 0 Å². The summed E-state index contributed by atoms with van der Waals surface area (Å²) in [7, 11) is 0. The van der Waals surface area contributed by atoms with Crippen LogP contribution in [0.3, 0.4) is 0 Å². The monoisotopic (exact) mass is 273 g/mol. The molecule has 0 saturated carbocycles. The molecule has 0 radical (unpaired) electrons. The van der Waals surface area contributed by atoms with E-state index in [1.54, 1.807) is 6.07 Å². The van der Waals surface area contributed by atoms with E-state index in [-0.39, 0.29) is 0 Å². The fraction of sp³-hybridized carbons (Fsp3) is 0.200. The summed E-state index contributed by atoms with van der Waals surface area (Å²) in [5.74, 6) is 0.291. The molecule has 1 atom stereocenters. The number of hydrogen-bond donors (Lipinski definition) is 0. The molecular formula is C15H15NO4. The highest BCUT2D eigenvalue weighted by Gasteiger charge is 2.17. The van der Waals surface area contributed by atoms with Crippen LogP contribution in [0.15, 0.2) is 53.6 Å². The van der Waals surface area contributed by atoms with E-state index in [4.69, 9.17) is 14.0 Å². The number of benzene rings is 1. The van der Waals surface area contributed by atoms with Crippen LogP contribution in [0.5, 0.6) is 5.88 Å². The summed E-state index contributed by atoms with van der Waals surface area (Å²) < 4.78 is 15.6. The van der Waals surface area contributed by atoms with Crippen LogP contribution in [-0.2, 0) is 16.1 Å². The summed E-state index contributed by atoms with van der Waals surface area (Å²) in [5, 5.41) is 3.77. The van der Waals surface area contributed by atoms with Crippen molar-refractivity contribution < 1.29 is 18.8 Å². The van der Waals surface area contributed by atoms with Crippen LogP contribution < -0.4 is 4.74 Å². The Kier molecular flexibility index (Phi) is 4.55. The highest BCUT2D eigenvalue weighted by molar-refractivity contribution is 5.66. The van der Waals surface area contributed by atoms with E-state index in [0.29, 0.717) is 18.2 Å². The van der Waals surface area contributed by atoms with Crippen molar-refractivity contribution >= 4 is 5.97 Å². The molecule has 2 aromatic rings. The fourth-order valence-corrected chi connectivity index (χ4v) is 1.61. The van der Waals surface area contributed by atoms with Gasteiger partial charge in [-0.2, -0.15) is 0 Å². The highest BCUT2D eigenvalue weighted by atomic mass is 16.6. The predicted molar refractivity (Wildman–Crippen MR) is 72.0 cm³/mol. The van der Waals surface area contributed by atoms with E-state index in [9.17, 15) is 4.79 Å². The number of hydrogen-bond acceptors (Lipinski definition) is 5. The van der Waals surface area contributed by atoms with Crippen LogP contribution in [0.25, 0.3) is 0 Å². The third-order valence-electron chi connectivity index (χ3n) is 2.52. The lowest BCUT2D eigenvalue weighted by molar-refractivity contribution is -0.145. The minimum atomic E-state index is -0.658. The third kappa shape index (κ3) is 3.71. The van der Waals surface area contributed by atoms with Crippen LogP contribution >= 0.6 is 0 Å². The summed E-state index contributed by atoms with van der Waals surface area (Å²) >= 11 is 0. The summed E-state index contributed by atoms with van der Waals surface area (Å²) in [4.78, 5) is 10.9. The average molecular weight is 273 g/mol. The summed E-state index contributed by atoms with van der Waals surface area (Å²) in [6.45, 7) is 5.29. The molecule has 0 saturated heterocycles. The molecule has 20 heavy (non-hydrogen) atoms. The summed E-state index contributed by atoms with van der Waals surface area (Å²) in [6, 6.07) is 11.3. The number of esters is 1. The molecule has 2 rings (SSSR count). The first-order chi connectivity index (χ1) is 9.69. The average Bonchev–Trinajstić information content (AvgIpc) is 2.92. The van der Waals surface area contributed by atoms with Gasteiger partial charge in [-0.1, -0.05) is 36.9 Å². The zero-order valence-electron chi connectivity index (χ0n) is 11.1. The Morgan fingerprint density at radius 1 is 1.45 bits per heavy atom. The maximum Gasteiger partial charge on any atom is 0.303 e. The lowest BCUT2D eigenvalue weighted by atomic mass is 10.2. The number of ether oxygens (including phenoxy) is 2. The van der Waals surface area contributed by atoms with Crippen molar-refractivity contribution in [2.45, 2.75) is 19.6 Å². The Bertz CT molecular complexity index is 577. The number of carbonyl (C=O) groups excluding carboxylic acids is 1. The normalized spacial score (nSPS) is 11.7. The van der Waals surface area contributed by atoms with Gasteiger partial charge in [0.05, 0.1) is 0 Å². The Morgan fingerprint density at radius 3 is 2.85 bits per heavy atom. The molecule has 0 aliphatic carbocycles. The minimum Gasteiger partial charge on any atom is -0.471 e. The SMILES string of the molecule is C=C[C@H](OC(C)=O)c1cc(OCc2ccccc2)no1. The Balaban J connectivity index is 1.98. The highest BCUT2D eigenvalue weighted by Crippen LogP contribution is 2.23. The van der Waals surface area contributed by atoms with Gasteiger partial charge < -0.3 is 14.0 Å². The number of carbonyl (C=O) groups is 1. The van der Waals surface area contributed by atoms with Crippen molar-refractivity contribution in [2.75, 3.05) is 0 Å². The van der Waals surface area contributed by atoms with Gasteiger partial charge in [0.15, 0.2) is 11.9 Å². The van der Waals surface area contributed by atoms with E-state index in [2.05, 4.69) is 11.7 Å². The first kappa shape index (κ1) is 13.9. The topological polar surface area (TPSA) is 61.6 Å². The van der Waals surface area contributed by atoms with Crippen molar-refractivity contribution in [2.24, 2.45) is 0 Å². The van der Waals surface area contributed by atoms with Crippen molar-refractivity contribution in [3.63, 3.8) is 0 Å². The largest absolute Gasteiger partial charge is 0.471 e. The Morgan fingerprint density at radius 2 is 2.20 bits per heavy atom. The van der Waals surface area contributed by atoms with Crippen LogP contribution in [0, 0.1) is 0 Å². The standard InChI is InChI=1S/C15H15NO4/c1-3-13(19-11(2)17)14-9-15(16-20-14)18-10-12-7-5-4-6-8-12/h3-9,13H,1,10H2,2H3/t13-/m0/s1. The van der Waals surface area contributed by atoms with Crippen molar-refractivity contribution in [1.82, 2.24) is 5.16 Å². The lowest BCUT2D eigenvalue weighted by Gasteiger charge is -2.07. The van der Waals surface area contributed by atoms with Crippen molar-refractivity contribution in [1.29, 1.82) is 0 Å². The lowest BCUT2D eigenvalue weighted by Crippen LogP contribution is -2.04. The van der Waals surface area contributed by atoms with Crippen LogP contribution in [-0.4, -0.2) is 11.1 Å². The smallest absolute Gasteiger partial charge is 0.303 e. The molecule has 0 bridgehead atoms. The third-order valence-corrected chi connectivity index (χ3v) is 2.52. The molecule has 0 N–H and O–H groups in total. The van der Waals surface area contributed by atoms with Crippen molar-refractivity contribution in [3.05, 3.63) is 60.4 Å². The van der Waals surface area contributed by atoms with Gasteiger partial charge in [-0.3, -0.25) is 4.79 Å². The van der Waals surface area contributed by atoms with Gasteiger partial charge in [0.2, 0.25) is 0 Å². The van der Waals surface area contributed by atoms with Gasteiger partial charge in [-0.15, -0.1) is 0 Å². The molecule has 1 aromatic heterocycles. The number of aromatic nitrogens is 1. The molecule has 1 aromatic carbocycles. The summed E-state index contributed by atoms with van der Waals surface area (Å²) in [6.07, 6.45) is 0.803. The molecule has 0 aliphatic rings. The molecule has 104 valence electrons. The number of rotatable bonds is 6. The Hall–Kier alpha value is -2.56. The molecule has 5 heteroatoms. The van der Waals surface area contributed by atoms with E-state index >= 15 is 0 Å². The molecule has 0 fully saturated rings. The maximum absolute atomic E-state index is 10.9. The second kappa shape index (κ2) is 6.56. The predicted octanol–water partition coefficient (Wildman–Crippen LogP) is 3.04. The van der Waals surface area contributed by atoms with Crippen molar-refractivity contribution in [3.8, 4) is 5.88 Å². The molecular weight excluding hydrogens is 258 g/mol. The quantitative estimate of drug-likeness (QED) is 0.598. The van der Waals surface area contributed by atoms with Gasteiger partial charge in [-0.05, 0) is 16.8 Å². The second-order valence-corrected chi connectivity index (χ2v) is 4.11. The second-order valence-electron chi connectivity index (χ2n) is 4.11. The summed E-state index contributed by atoms with van der Waals surface area (Å²) in [5.41, 5.74) is 1.03. The molecule has 0 spiro atoms. The first-order valence-electron chi connectivity index (χ1n) is 6.12. The fourth-order valence-electron chi connectivity index (χ4n) is 1.61.